The van der Waals surface area contributed by atoms with Gasteiger partial charge in [0, 0.05) is 12.6 Å². The van der Waals surface area contributed by atoms with E-state index in [1.165, 1.54) is 20.3 Å². The Labute approximate surface area is 153 Å². The topological polar surface area (TPSA) is 86.1 Å². The molecule has 7 nitrogen and oxygen atoms in total. The summed E-state index contributed by atoms with van der Waals surface area (Å²) >= 11 is 0. The fourth-order valence-electron chi connectivity index (χ4n) is 2.31. The summed E-state index contributed by atoms with van der Waals surface area (Å²) in [6.07, 6.45) is 1.45. The number of hydrogen-bond donors (Lipinski definition) is 0. The highest BCUT2D eigenvalue weighted by atomic mass is 32.2. The van der Waals surface area contributed by atoms with Gasteiger partial charge in [-0.15, -0.1) is 0 Å². The van der Waals surface area contributed by atoms with Crippen LogP contribution in [0.4, 0.5) is 0 Å². The lowest BCUT2D eigenvalue weighted by Gasteiger charge is -2.26. The molecule has 0 aliphatic carbocycles. The number of nitrogens with zero attached hydrogens (tertiary/aromatic N) is 1. The third kappa shape index (κ3) is 4.78. The molecular formula is C18H23NO6S. The number of hydrogen-bond acceptors (Lipinski definition) is 6. The second-order valence-corrected chi connectivity index (χ2v) is 7.78. The molecule has 0 radical (unpaired) electrons. The van der Waals surface area contributed by atoms with Crippen molar-refractivity contribution in [2.24, 2.45) is 0 Å². The Kier molecular flexibility index (Phi) is 6.31. The van der Waals surface area contributed by atoms with Gasteiger partial charge in [-0.05, 0) is 50.6 Å². The fourth-order valence-corrected chi connectivity index (χ4v) is 2.83. The fraction of sp³-hybridized carbons (Fsp3) is 0.389. The highest BCUT2D eigenvalue weighted by molar-refractivity contribution is 7.87. The van der Waals surface area contributed by atoms with E-state index >= 15 is 0 Å². The van der Waals surface area contributed by atoms with Gasteiger partial charge in [0.15, 0.2) is 17.3 Å². The number of methoxy groups -OCH3 is 1. The number of carbonyl (C=O) groups excluding carboxylic acids is 1. The first kappa shape index (κ1) is 19.8. The first-order valence-electron chi connectivity index (χ1n) is 8.21. The van der Waals surface area contributed by atoms with Crippen LogP contribution in [-0.4, -0.2) is 38.1 Å². The standard InChI is InChI=1S/C18H23NO6S/c1-5-26(21,22)25-17-11-14(8-9-15(17)23-4)12-19(13(2)3)18(20)16-7-6-10-24-16/h6-11,13H,5,12H2,1-4H3. The summed E-state index contributed by atoms with van der Waals surface area (Å²) in [5, 5.41) is 0. The molecule has 142 valence electrons. The van der Waals surface area contributed by atoms with Crippen LogP contribution in [0.15, 0.2) is 41.0 Å². The molecule has 0 saturated heterocycles. The van der Waals surface area contributed by atoms with E-state index in [2.05, 4.69) is 0 Å². The second kappa shape index (κ2) is 8.27. The lowest BCUT2D eigenvalue weighted by molar-refractivity contribution is 0.0657. The van der Waals surface area contributed by atoms with E-state index in [0.717, 1.165) is 0 Å². The summed E-state index contributed by atoms with van der Waals surface area (Å²) in [4.78, 5) is 14.2. The minimum Gasteiger partial charge on any atom is -0.493 e. The number of ether oxygens (including phenoxy) is 1. The van der Waals surface area contributed by atoms with Gasteiger partial charge in [0.25, 0.3) is 5.91 Å². The molecule has 0 aliphatic heterocycles. The van der Waals surface area contributed by atoms with Crippen molar-refractivity contribution in [2.45, 2.75) is 33.4 Å². The Morgan fingerprint density at radius 3 is 2.50 bits per heavy atom. The first-order valence-corrected chi connectivity index (χ1v) is 9.78. The molecule has 0 atom stereocenters. The molecule has 0 bridgehead atoms. The molecule has 8 heteroatoms. The molecule has 0 unspecified atom stereocenters. The Balaban J connectivity index is 2.30. The van der Waals surface area contributed by atoms with E-state index in [1.807, 2.05) is 13.8 Å². The Bertz CT molecular complexity index is 843. The van der Waals surface area contributed by atoms with Crippen molar-refractivity contribution in [1.82, 2.24) is 4.90 Å². The highest BCUT2D eigenvalue weighted by Crippen LogP contribution is 2.30. The molecule has 1 heterocycles. The number of benzene rings is 1. The van der Waals surface area contributed by atoms with E-state index in [4.69, 9.17) is 13.3 Å². The molecule has 1 aromatic heterocycles. The zero-order valence-electron chi connectivity index (χ0n) is 15.3. The summed E-state index contributed by atoms with van der Waals surface area (Å²) in [6, 6.07) is 8.12. The van der Waals surface area contributed by atoms with Crippen molar-refractivity contribution in [2.75, 3.05) is 12.9 Å². The SMILES string of the molecule is CCS(=O)(=O)Oc1cc(CN(C(=O)c2ccco2)C(C)C)ccc1OC. The minimum atomic E-state index is -3.69. The maximum absolute atomic E-state index is 12.6. The van der Waals surface area contributed by atoms with Gasteiger partial charge >= 0.3 is 10.1 Å². The normalized spacial score (nSPS) is 11.4. The Hall–Kier alpha value is -2.48. The van der Waals surface area contributed by atoms with Crippen LogP contribution in [0.1, 0.15) is 36.9 Å². The Morgan fingerprint density at radius 1 is 1.23 bits per heavy atom. The van der Waals surface area contributed by atoms with Crippen LogP contribution in [0.25, 0.3) is 0 Å². The quantitative estimate of drug-likeness (QED) is 0.653. The number of furan rings is 1. The lowest BCUT2D eigenvalue weighted by Crippen LogP contribution is -2.36. The van der Waals surface area contributed by atoms with Gasteiger partial charge in [-0.2, -0.15) is 8.42 Å². The molecular weight excluding hydrogens is 358 g/mol. The summed E-state index contributed by atoms with van der Waals surface area (Å²) in [7, 11) is -2.26. The van der Waals surface area contributed by atoms with E-state index in [0.29, 0.717) is 11.3 Å². The van der Waals surface area contributed by atoms with E-state index in [1.54, 1.807) is 35.2 Å². The average molecular weight is 381 g/mol. The molecule has 1 aromatic carbocycles. The highest BCUT2D eigenvalue weighted by Gasteiger charge is 2.22. The molecule has 0 fully saturated rings. The van der Waals surface area contributed by atoms with E-state index in [-0.39, 0.29) is 35.8 Å². The predicted octanol–water partition coefficient (Wildman–Crippen LogP) is 3.07. The second-order valence-electron chi connectivity index (χ2n) is 5.92. The molecule has 1 amide bonds. The summed E-state index contributed by atoms with van der Waals surface area (Å²) in [5.41, 5.74) is 0.709. The third-order valence-corrected chi connectivity index (χ3v) is 4.91. The lowest BCUT2D eigenvalue weighted by atomic mass is 10.1. The number of rotatable bonds is 8. The molecule has 0 spiro atoms. The molecule has 0 saturated carbocycles. The van der Waals surface area contributed by atoms with Crippen molar-refractivity contribution < 1.29 is 26.5 Å². The van der Waals surface area contributed by atoms with Gasteiger partial charge in [-0.1, -0.05) is 6.07 Å². The van der Waals surface area contributed by atoms with Crippen LogP contribution in [0.3, 0.4) is 0 Å². The Morgan fingerprint density at radius 2 is 1.96 bits per heavy atom. The van der Waals surface area contributed by atoms with Crippen LogP contribution < -0.4 is 8.92 Å². The van der Waals surface area contributed by atoms with Crippen LogP contribution >= 0.6 is 0 Å². The molecule has 2 rings (SSSR count). The minimum absolute atomic E-state index is 0.0848. The number of amides is 1. The summed E-state index contributed by atoms with van der Waals surface area (Å²) < 4.78 is 39.0. The van der Waals surface area contributed by atoms with Gasteiger partial charge in [-0.3, -0.25) is 4.79 Å². The first-order chi connectivity index (χ1) is 12.3. The van der Waals surface area contributed by atoms with Gasteiger partial charge in [0.2, 0.25) is 0 Å². The largest absolute Gasteiger partial charge is 0.493 e. The van der Waals surface area contributed by atoms with Crippen LogP contribution in [0.5, 0.6) is 11.5 Å². The van der Waals surface area contributed by atoms with Crippen LogP contribution in [0.2, 0.25) is 0 Å². The van der Waals surface area contributed by atoms with E-state index < -0.39 is 10.1 Å². The van der Waals surface area contributed by atoms with Crippen LogP contribution in [0, 0.1) is 0 Å². The average Bonchev–Trinajstić information content (AvgIpc) is 3.13. The van der Waals surface area contributed by atoms with Crippen molar-refractivity contribution in [3.05, 3.63) is 47.9 Å². The predicted molar refractivity (Wildman–Crippen MR) is 96.8 cm³/mol. The maximum atomic E-state index is 12.6. The van der Waals surface area contributed by atoms with Gasteiger partial charge in [0.1, 0.15) is 0 Å². The summed E-state index contributed by atoms with van der Waals surface area (Å²) in [6.45, 7) is 5.55. The van der Waals surface area contributed by atoms with Gasteiger partial charge in [0.05, 0.1) is 19.1 Å². The van der Waals surface area contributed by atoms with E-state index in [9.17, 15) is 13.2 Å². The van der Waals surface area contributed by atoms with Crippen molar-refractivity contribution in [1.29, 1.82) is 0 Å². The maximum Gasteiger partial charge on any atom is 0.309 e. The van der Waals surface area contributed by atoms with Crippen LogP contribution in [-0.2, 0) is 16.7 Å². The monoisotopic (exact) mass is 381 g/mol. The molecule has 2 aromatic rings. The van der Waals surface area contributed by atoms with Crippen molar-refractivity contribution in [3.63, 3.8) is 0 Å². The molecule has 26 heavy (non-hydrogen) atoms. The summed E-state index contributed by atoms with van der Waals surface area (Å²) in [5.74, 6) is 0.247. The van der Waals surface area contributed by atoms with Crippen molar-refractivity contribution >= 4 is 16.0 Å². The smallest absolute Gasteiger partial charge is 0.309 e. The molecule has 0 aliphatic rings. The van der Waals surface area contributed by atoms with Gasteiger partial charge in [-0.25, -0.2) is 0 Å². The number of carbonyl (C=O) groups is 1. The zero-order chi connectivity index (χ0) is 19.3. The zero-order valence-corrected chi connectivity index (χ0v) is 16.1. The molecule has 0 N–H and O–H groups in total. The van der Waals surface area contributed by atoms with Gasteiger partial charge < -0.3 is 18.2 Å². The van der Waals surface area contributed by atoms with Crippen molar-refractivity contribution in [3.8, 4) is 11.5 Å². The third-order valence-electron chi connectivity index (χ3n) is 3.77.